The maximum absolute atomic E-state index is 11.1. The normalized spacial score (nSPS) is 10.8. The first-order valence-electron chi connectivity index (χ1n) is 7.48. The van der Waals surface area contributed by atoms with Gasteiger partial charge < -0.3 is 9.73 Å². The second-order valence-electron chi connectivity index (χ2n) is 5.35. The van der Waals surface area contributed by atoms with Gasteiger partial charge in [-0.1, -0.05) is 18.2 Å². The van der Waals surface area contributed by atoms with Crippen molar-refractivity contribution in [2.75, 3.05) is 11.9 Å². The number of nitrogens with one attached hydrogen (secondary N) is 1. The van der Waals surface area contributed by atoms with Crippen molar-refractivity contribution in [3.63, 3.8) is 0 Å². The third kappa shape index (κ3) is 3.12. The van der Waals surface area contributed by atoms with E-state index in [4.69, 9.17) is 4.42 Å². The highest BCUT2D eigenvalue weighted by Crippen LogP contribution is 2.27. The van der Waals surface area contributed by atoms with Crippen molar-refractivity contribution >= 4 is 11.5 Å². The molecule has 0 saturated heterocycles. The summed E-state index contributed by atoms with van der Waals surface area (Å²) in [4.78, 5) is 15.1. The molecule has 1 N–H and O–H groups in total. The van der Waals surface area contributed by atoms with E-state index in [1.807, 2.05) is 30.3 Å². The highest BCUT2D eigenvalue weighted by atomic mass is 16.6. The third-order valence-corrected chi connectivity index (χ3v) is 3.62. The summed E-state index contributed by atoms with van der Waals surface area (Å²) in [6.07, 6.45) is 2.19. The molecule has 0 fully saturated rings. The van der Waals surface area contributed by atoms with Crippen LogP contribution in [0.2, 0.25) is 0 Å². The number of nitro groups is 1. The lowest BCUT2D eigenvalue weighted by Gasteiger charge is -2.04. The second kappa shape index (κ2) is 6.53. The molecule has 0 atom stereocenters. The number of hydrogen-bond donors (Lipinski definition) is 1. The average molecular weight is 327 g/mol. The quantitative estimate of drug-likeness (QED) is 0.552. The molecule has 24 heavy (non-hydrogen) atoms. The van der Waals surface area contributed by atoms with E-state index in [0.717, 1.165) is 11.3 Å². The molecule has 1 aromatic carbocycles. The minimum atomic E-state index is -0.422. The Morgan fingerprint density at radius 2 is 2.08 bits per heavy atom. The van der Waals surface area contributed by atoms with Gasteiger partial charge in [0.1, 0.15) is 12.0 Å². The van der Waals surface area contributed by atoms with E-state index >= 15 is 0 Å². The molecular weight excluding hydrogens is 310 g/mol. The lowest BCUT2D eigenvalue weighted by Crippen LogP contribution is -2.10. The SMILES string of the molecule is Cc1nn(C)c(NCCc2coc(-c3ccccc3)n2)c1[N+](=O)[O-]. The Kier molecular flexibility index (Phi) is 4.28. The molecule has 0 aliphatic carbocycles. The molecule has 0 radical (unpaired) electrons. The number of benzene rings is 1. The molecule has 3 rings (SSSR count). The zero-order valence-corrected chi connectivity index (χ0v) is 13.4. The summed E-state index contributed by atoms with van der Waals surface area (Å²) in [5.41, 5.74) is 2.08. The van der Waals surface area contributed by atoms with Crippen LogP contribution in [0, 0.1) is 17.0 Å². The van der Waals surface area contributed by atoms with Crippen LogP contribution in [0.15, 0.2) is 41.0 Å². The van der Waals surface area contributed by atoms with Crippen molar-refractivity contribution in [3.05, 3.63) is 58.1 Å². The molecule has 2 heterocycles. The Hall–Kier alpha value is -3.16. The second-order valence-corrected chi connectivity index (χ2v) is 5.35. The fraction of sp³-hybridized carbons (Fsp3) is 0.250. The van der Waals surface area contributed by atoms with Crippen molar-refractivity contribution in [3.8, 4) is 11.5 Å². The number of oxazole rings is 1. The number of aryl methyl sites for hydroxylation is 2. The van der Waals surface area contributed by atoms with Crippen molar-refractivity contribution < 1.29 is 9.34 Å². The van der Waals surface area contributed by atoms with Crippen LogP contribution < -0.4 is 5.32 Å². The smallest absolute Gasteiger partial charge is 0.333 e. The first kappa shape index (κ1) is 15.7. The molecule has 124 valence electrons. The first-order valence-corrected chi connectivity index (χ1v) is 7.48. The molecule has 0 aliphatic heterocycles. The zero-order valence-electron chi connectivity index (χ0n) is 13.4. The molecule has 8 heteroatoms. The van der Waals surface area contributed by atoms with Gasteiger partial charge in [0, 0.05) is 25.6 Å². The standard InChI is InChI=1S/C16H17N5O3/c1-11-14(21(22)23)15(20(2)19-11)17-9-8-13-10-24-16(18-13)12-6-4-3-5-7-12/h3-7,10,17H,8-9H2,1-2H3. The number of nitrogens with zero attached hydrogens (tertiary/aromatic N) is 4. The van der Waals surface area contributed by atoms with Gasteiger partial charge in [0.15, 0.2) is 0 Å². The average Bonchev–Trinajstić information content (AvgIpc) is 3.13. The minimum Gasteiger partial charge on any atom is -0.444 e. The van der Waals surface area contributed by atoms with Crippen LogP contribution >= 0.6 is 0 Å². The van der Waals surface area contributed by atoms with Crippen LogP contribution in [-0.2, 0) is 13.5 Å². The molecular formula is C16H17N5O3. The summed E-state index contributed by atoms with van der Waals surface area (Å²) >= 11 is 0. The third-order valence-electron chi connectivity index (χ3n) is 3.62. The molecule has 0 aliphatic rings. The molecule has 0 bridgehead atoms. The summed E-state index contributed by atoms with van der Waals surface area (Å²) < 4.78 is 6.96. The van der Waals surface area contributed by atoms with E-state index < -0.39 is 4.92 Å². The summed E-state index contributed by atoms with van der Waals surface area (Å²) in [6.45, 7) is 2.10. The first-order chi connectivity index (χ1) is 11.6. The molecule has 2 aromatic heterocycles. The highest BCUT2D eigenvalue weighted by Gasteiger charge is 2.23. The van der Waals surface area contributed by atoms with Crippen LogP contribution in [0.3, 0.4) is 0 Å². The Labute approximate surface area is 138 Å². The van der Waals surface area contributed by atoms with Crippen LogP contribution in [0.25, 0.3) is 11.5 Å². The fourth-order valence-electron chi connectivity index (χ4n) is 2.51. The summed E-state index contributed by atoms with van der Waals surface area (Å²) in [6, 6.07) is 9.63. The molecule has 0 saturated carbocycles. The van der Waals surface area contributed by atoms with Crippen molar-refractivity contribution in [1.82, 2.24) is 14.8 Å². The van der Waals surface area contributed by atoms with Crippen LogP contribution in [0.4, 0.5) is 11.5 Å². The summed E-state index contributed by atoms with van der Waals surface area (Å²) in [5.74, 6) is 0.956. The monoisotopic (exact) mass is 327 g/mol. The minimum absolute atomic E-state index is 0.00243. The largest absolute Gasteiger partial charge is 0.444 e. The lowest BCUT2D eigenvalue weighted by molar-refractivity contribution is -0.384. The van der Waals surface area contributed by atoms with Gasteiger partial charge in [-0.2, -0.15) is 5.10 Å². The van der Waals surface area contributed by atoms with Crippen molar-refractivity contribution in [1.29, 1.82) is 0 Å². The van der Waals surface area contributed by atoms with Gasteiger partial charge in [0.25, 0.3) is 0 Å². The van der Waals surface area contributed by atoms with Gasteiger partial charge in [0.2, 0.25) is 11.7 Å². The highest BCUT2D eigenvalue weighted by molar-refractivity contribution is 5.59. The summed E-state index contributed by atoms with van der Waals surface area (Å²) in [7, 11) is 1.67. The molecule has 3 aromatic rings. The van der Waals surface area contributed by atoms with E-state index in [1.165, 1.54) is 4.68 Å². The Balaban J connectivity index is 1.66. The van der Waals surface area contributed by atoms with E-state index in [-0.39, 0.29) is 5.69 Å². The molecule has 0 unspecified atom stereocenters. The van der Waals surface area contributed by atoms with Gasteiger partial charge in [-0.25, -0.2) is 9.67 Å². The Morgan fingerprint density at radius 1 is 1.33 bits per heavy atom. The fourth-order valence-corrected chi connectivity index (χ4v) is 2.51. The van der Waals surface area contributed by atoms with Crippen LogP contribution in [-0.4, -0.2) is 26.2 Å². The predicted octanol–water partition coefficient (Wildman–Crippen LogP) is 2.95. The van der Waals surface area contributed by atoms with Crippen LogP contribution in [0.1, 0.15) is 11.4 Å². The number of aromatic nitrogens is 3. The predicted molar refractivity (Wildman–Crippen MR) is 88.7 cm³/mol. The van der Waals surface area contributed by atoms with Gasteiger partial charge in [-0.15, -0.1) is 0 Å². The van der Waals surface area contributed by atoms with E-state index in [0.29, 0.717) is 30.4 Å². The van der Waals surface area contributed by atoms with E-state index in [1.54, 1.807) is 20.2 Å². The maximum atomic E-state index is 11.1. The Morgan fingerprint density at radius 3 is 2.79 bits per heavy atom. The maximum Gasteiger partial charge on any atom is 0.333 e. The summed E-state index contributed by atoms with van der Waals surface area (Å²) in [5, 5.41) is 18.3. The molecule has 0 amide bonds. The van der Waals surface area contributed by atoms with Crippen LogP contribution in [0.5, 0.6) is 0 Å². The van der Waals surface area contributed by atoms with E-state index in [2.05, 4.69) is 15.4 Å². The number of rotatable bonds is 6. The molecule has 8 nitrogen and oxygen atoms in total. The van der Waals surface area contributed by atoms with Crippen molar-refractivity contribution in [2.45, 2.75) is 13.3 Å². The van der Waals surface area contributed by atoms with Gasteiger partial charge in [0.05, 0.1) is 10.6 Å². The zero-order chi connectivity index (χ0) is 17.1. The number of hydrogen-bond acceptors (Lipinski definition) is 6. The van der Waals surface area contributed by atoms with Crippen molar-refractivity contribution in [2.24, 2.45) is 7.05 Å². The Bertz CT molecular complexity index is 854. The molecule has 0 spiro atoms. The van der Waals surface area contributed by atoms with Gasteiger partial charge >= 0.3 is 5.69 Å². The van der Waals surface area contributed by atoms with Gasteiger partial charge in [-0.05, 0) is 19.1 Å². The topological polar surface area (TPSA) is 99.0 Å². The lowest BCUT2D eigenvalue weighted by atomic mass is 10.2. The number of anilines is 1. The van der Waals surface area contributed by atoms with E-state index in [9.17, 15) is 10.1 Å². The van der Waals surface area contributed by atoms with Gasteiger partial charge in [-0.3, -0.25) is 10.1 Å².